The van der Waals surface area contributed by atoms with Crippen molar-refractivity contribution in [3.8, 4) is 5.75 Å². The maximum Gasteiger partial charge on any atom is 0.332 e. The van der Waals surface area contributed by atoms with E-state index in [4.69, 9.17) is 0 Å². The van der Waals surface area contributed by atoms with Gasteiger partial charge in [-0.15, -0.1) is 0 Å². The van der Waals surface area contributed by atoms with Gasteiger partial charge in [0.2, 0.25) is 0 Å². The van der Waals surface area contributed by atoms with E-state index >= 15 is 0 Å². The van der Waals surface area contributed by atoms with Crippen molar-refractivity contribution in [3.05, 3.63) is 28.8 Å². The summed E-state index contributed by atoms with van der Waals surface area (Å²) in [6.45, 7) is 13.7. The van der Waals surface area contributed by atoms with Crippen LogP contribution in [0.3, 0.4) is 0 Å². The maximum absolute atomic E-state index is 11.8. The molecule has 0 heterocycles. The van der Waals surface area contributed by atoms with Crippen LogP contribution in [-0.2, 0) is 15.4 Å². The van der Waals surface area contributed by atoms with E-state index in [1.54, 1.807) is 19.1 Å². The molecule has 1 atom stereocenters. The normalized spacial score (nSPS) is 14.3. The second-order valence-electron chi connectivity index (χ2n) is 7.98. The van der Waals surface area contributed by atoms with Crippen molar-refractivity contribution in [1.29, 1.82) is 0 Å². The van der Waals surface area contributed by atoms with E-state index in [-0.39, 0.29) is 68.0 Å². The van der Waals surface area contributed by atoms with Gasteiger partial charge in [0.25, 0.3) is 0 Å². The summed E-state index contributed by atoms with van der Waals surface area (Å²) in [5, 5.41) is 10.6. The third-order valence-electron chi connectivity index (χ3n) is 3.93. The fourth-order valence-corrected chi connectivity index (χ4v) is 3.67. The monoisotopic (exact) mass is 367 g/mol. The average Bonchev–Trinajstić information content (AvgIpc) is 2.26. The van der Waals surface area contributed by atoms with Gasteiger partial charge in [-0.05, 0) is 33.9 Å². The number of benzene rings is 1. The van der Waals surface area contributed by atoms with Gasteiger partial charge in [-0.1, -0.05) is 60.6 Å². The van der Waals surface area contributed by atoms with Gasteiger partial charge in [0.05, 0.1) is 5.66 Å². The number of hydrogen-bond acceptors (Lipinski definition) is 2. The van der Waals surface area contributed by atoms with Gasteiger partial charge in [0.1, 0.15) is 5.75 Å². The van der Waals surface area contributed by atoms with Crippen molar-refractivity contribution >= 4 is 59.0 Å². The van der Waals surface area contributed by atoms with Crippen LogP contribution in [0.2, 0.25) is 0 Å². The van der Waals surface area contributed by atoms with Gasteiger partial charge in [-0.2, -0.15) is 0 Å². The summed E-state index contributed by atoms with van der Waals surface area (Å²) in [6, 6.07) is 3.50. The summed E-state index contributed by atoms with van der Waals surface area (Å²) in [7, 11) is -4.24. The van der Waals surface area contributed by atoms with Crippen LogP contribution in [0.1, 0.15) is 77.2 Å². The van der Waals surface area contributed by atoms with E-state index < -0.39 is 13.3 Å². The van der Waals surface area contributed by atoms with E-state index in [1.165, 1.54) is 0 Å². The SMILES string of the molecule is CCC(c1cc(C(C)(C)C)c(O)c(C(C)(C)C)c1)P(=O)(O)O.[K]. The number of phenols is 1. The van der Waals surface area contributed by atoms with Crippen LogP contribution >= 0.6 is 7.60 Å². The molecule has 3 N–H and O–H groups in total. The van der Waals surface area contributed by atoms with Crippen LogP contribution in [0.25, 0.3) is 0 Å². The van der Waals surface area contributed by atoms with Crippen molar-refractivity contribution in [2.45, 2.75) is 71.4 Å². The first kappa shape index (κ1) is 23.8. The van der Waals surface area contributed by atoms with Crippen molar-refractivity contribution in [2.24, 2.45) is 0 Å². The van der Waals surface area contributed by atoms with Gasteiger partial charge in [0.15, 0.2) is 0 Å². The van der Waals surface area contributed by atoms with E-state index in [0.29, 0.717) is 12.0 Å². The van der Waals surface area contributed by atoms with Crippen LogP contribution in [0.15, 0.2) is 12.1 Å². The Morgan fingerprint density at radius 3 is 1.57 bits per heavy atom. The Morgan fingerprint density at radius 2 is 1.35 bits per heavy atom. The molecule has 1 aromatic rings. The fourth-order valence-electron chi connectivity index (χ4n) is 2.66. The number of aromatic hydroxyl groups is 1. The second kappa shape index (κ2) is 8.01. The van der Waals surface area contributed by atoms with Crippen molar-refractivity contribution in [2.75, 3.05) is 0 Å². The number of hydrogen-bond donors (Lipinski definition) is 3. The number of rotatable bonds is 3. The summed E-state index contributed by atoms with van der Waals surface area (Å²) >= 11 is 0. The van der Waals surface area contributed by atoms with Crippen molar-refractivity contribution in [3.63, 3.8) is 0 Å². The Hall–Kier alpha value is 0.806. The molecule has 1 radical (unpaired) electrons. The zero-order chi connectivity index (χ0) is 17.5. The first-order valence-corrected chi connectivity index (χ1v) is 9.30. The Morgan fingerprint density at radius 1 is 1.00 bits per heavy atom. The standard InChI is InChI=1S/C17H29O4P.K/c1-8-14(22(19,20)21)11-9-12(16(2,3)4)15(18)13(10-11)17(5,6)7;/h9-10,14,18H,8H2,1-7H3,(H2,19,20,21);. The average molecular weight is 367 g/mol. The molecule has 6 heteroatoms. The van der Waals surface area contributed by atoms with Gasteiger partial charge < -0.3 is 14.9 Å². The summed E-state index contributed by atoms with van der Waals surface area (Å²) in [5.41, 5.74) is 0.586. The molecule has 0 aromatic heterocycles. The molecule has 0 aliphatic heterocycles. The second-order valence-corrected chi connectivity index (χ2v) is 9.78. The molecule has 0 saturated carbocycles. The predicted octanol–water partition coefficient (Wildman–Crippen LogP) is 4.24. The predicted molar refractivity (Wildman–Crippen MR) is 96.3 cm³/mol. The van der Waals surface area contributed by atoms with E-state index in [9.17, 15) is 19.5 Å². The maximum atomic E-state index is 11.8. The van der Waals surface area contributed by atoms with E-state index in [0.717, 1.165) is 11.1 Å². The van der Waals surface area contributed by atoms with Crippen molar-refractivity contribution < 1.29 is 19.5 Å². The molecule has 4 nitrogen and oxygen atoms in total. The third kappa shape index (κ3) is 5.93. The molecule has 1 rings (SSSR count). The zero-order valence-corrected chi connectivity index (χ0v) is 19.7. The van der Waals surface area contributed by atoms with Crippen LogP contribution in [-0.4, -0.2) is 66.3 Å². The molecule has 127 valence electrons. The topological polar surface area (TPSA) is 77.8 Å². The molecule has 0 bridgehead atoms. The molecular formula is C17H29KO4P. The molecule has 0 spiro atoms. The summed E-state index contributed by atoms with van der Waals surface area (Å²) in [5.74, 6) is 0.226. The molecule has 0 aliphatic carbocycles. The van der Waals surface area contributed by atoms with Gasteiger partial charge >= 0.3 is 7.60 Å². The quantitative estimate of drug-likeness (QED) is 0.552. The van der Waals surface area contributed by atoms with Crippen molar-refractivity contribution in [1.82, 2.24) is 0 Å². The Bertz CT molecular complexity index is 559. The Labute approximate surface area is 182 Å². The smallest absolute Gasteiger partial charge is 0.332 e. The molecule has 0 aliphatic rings. The minimum atomic E-state index is -4.24. The first-order valence-electron chi connectivity index (χ1n) is 7.62. The molecular weight excluding hydrogens is 338 g/mol. The molecule has 1 unspecified atom stereocenters. The minimum Gasteiger partial charge on any atom is -0.507 e. The van der Waals surface area contributed by atoms with Crippen LogP contribution in [0, 0.1) is 0 Å². The van der Waals surface area contributed by atoms with Gasteiger partial charge in [-0.3, -0.25) is 4.57 Å². The number of phenolic OH excluding ortho intramolecular Hbond substituents is 1. The summed E-state index contributed by atoms with van der Waals surface area (Å²) in [6.07, 6.45) is 0.349. The Kier molecular flexibility index (Phi) is 8.29. The molecule has 23 heavy (non-hydrogen) atoms. The minimum absolute atomic E-state index is 0. The fraction of sp³-hybridized carbons (Fsp3) is 0.647. The molecule has 0 fully saturated rings. The molecule has 0 saturated heterocycles. The third-order valence-corrected chi connectivity index (χ3v) is 5.40. The summed E-state index contributed by atoms with van der Waals surface area (Å²) in [4.78, 5) is 19.3. The Balaban J connectivity index is 0.00000484. The van der Waals surface area contributed by atoms with Crippen LogP contribution in [0.5, 0.6) is 5.75 Å². The molecule has 0 amide bonds. The van der Waals surface area contributed by atoms with E-state index in [1.807, 2.05) is 41.5 Å². The molecule has 1 aromatic carbocycles. The van der Waals surface area contributed by atoms with Crippen LogP contribution < -0.4 is 0 Å². The largest absolute Gasteiger partial charge is 0.507 e. The summed E-state index contributed by atoms with van der Waals surface area (Å²) < 4.78 is 11.8. The van der Waals surface area contributed by atoms with Crippen LogP contribution in [0.4, 0.5) is 0 Å². The first-order chi connectivity index (χ1) is 9.69. The van der Waals surface area contributed by atoms with Gasteiger partial charge in [-0.25, -0.2) is 0 Å². The zero-order valence-electron chi connectivity index (χ0n) is 15.6. The van der Waals surface area contributed by atoms with Gasteiger partial charge in [0, 0.05) is 51.4 Å². The van der Waals surface area contributed by atoms with E-state index in [2.05, 4.69) is 0 Å².